The van der Waals surface area contributed by atoms with E-state index in [0.717, 1.165) is 43.7 Å². The monoisotopic (exact) mass is 496 g/mol. The van der Waals surface area contributed by atoms with Crippen molar-refractivity contribution in [3.05, 3.63) is 48.0 Å². The highest BCUT2D eigenvalue weighted by molar-refractivity contribution is 6.01. The minimum Gasteiger partial charge on any atom is -0.494 e. The minimum absolute atomic E-state index is 0.0635. The Hall–Kier alpha value is -3.59. The lowest BCUT2D eigenvalue weighted by Crippen LogP contribution is -2.31. The van der Waals surface area contributed by atoms with Crippen molar-refractivity contribution in [3.8, 4) is 5.75 Å². The van der Waals surface area contributed by atoms with Crippen LogP contribution in [0.25, 0.3) is 0 Å². The molecular formula is C27H36N4O5. The summed E-state index contributed by atoms with van der Waals surface area (Å²) < 4.78 is 5.51. The summed E-state index contributed by atoms with van der Waals surface area (Å²) in [6.45, 7) is 6.72. The highest BCUT2D eigenvalue weighted by atomic mass is 16.5. The van der Waals surface area contributed by atoms with Crippen LogP contribution in [0.3, 0.4) is 0 Å². The van der Waals surface area contributed by atoms with Crippen molar-refractivity contribution in [2.45, 2.75) is 39.5 Å². The van der Waals surface area contributed by atoms with Gasteiger partial charge in [-0.2, -0.15) is 0 Å². The number of aliphatic carboxylic acids is 1. The molecule has 3 amide bonds. The minimum atomic E-state index is -0.758. The molecule has 9 nitrogen and oxygen atoms in total. The number of urea groups is 1. The summed E-state index contributed by atoms with van der Waals surface area (Å²) in [5.41, 5.74) is 2.89. The number of methoxy groups -OCH3 is 1. The molecule has 194 valence electrons. The van der Waals surface area contributed by atoms with E-state index in [-0.39, 0.29) is 18.4 Å². The first-order valence-electron chi connectivity index (χ1n) is 12.3. The number of amides is 3. The van der Waals surface area contributed by atoms with E-state index in [1.165, 1.54) is 7.11 Å². The Bertz CT molecular complexity index is 1070. The van der Waals surface area contributed by atoms with Crippen molar-refractivity contribution in [2.75, 3.05) is 48.8 Å². The molecule has 36 heavy (non-hydrogen) atoms. The van der Waals surface area contributed by atoms with E-state index in [1.54, 1.807) is 30.0 Å². The van der Waals surface area contributed by atoms with Crippen molar-refractivity contribution >= 4 is 35.0 Å². The molecule has 1 aliphatic heterocycles. The number of carbonyl (C=O) groups excluding carboxylic acids is 2. The number of anilines is 3. The normalized spacial score (nSPS) is 15.4. The number of nitrogens with zero attached hydrogens (tertiary/aromatic N) is 2. The SMILES string of the molecule is COc1cc(N(CCC2CCN(CCCC(=O)O)C2)C(C)=O)ccc1NC(=O)Nc1ccccc1C. The van der Waals surface area contributed by atoms with Gasteiger partial charge >= 0.3 is 12.0 Å². The number of carboxylic acid groups (broad SMARTS) is 1. The van der Waals surface area contributed by atoms with Crippen molar-refractivity contribution in [1.29, 1.82) is 0 Å². The second-order valence-electron chi connectivity index (χ2n) is 9.19. The first-order valence-corrected chi connectivity index (χ1v) is 12.3. The number of carbonyl (C=O) groups is 3. The number of hydrogen-bond acceptors (Lipinski definition) is 5. The molecule has 2 aromatic rings. The Morgan fingerprint density at radius 3 is 2.58 bits per heavy atom. The number of aryl methyl sites for hydroxylation is 1. The van der Waals surface area contributed by atoms with Crippen LogP contribution >= 0.6 is 0 Å². The standard InChI is InChI=1S/C27H36N4O5/c1-19-7-4-5-8-23(19)28-27(35)29-24-11-10-22(17-25(24)36-3)31(20(2)32)16-13-21-12-15-30(18-21)14-6-9-26(33)34/h4-5,7-8,10-11,17,21H,6,9,12-16,18H2,1-3H3,(H,33,34)(H2,28,29,35). The highest BCUT2D eigenvalue weighted by Crippen LogP contribution is 2.31. The number of nitrogens with one attached hydrogen (secondary N) is 2. The maximum absolute atomic E-state index is 12.5. The molecule has 3 rings (SSSR count). The number of ether oxygens (including phenoxy) is 1. The zero-order valence-electron chi connectivity index (χ0n) is 21.3. The predicted octanol–water partition coefficient (Wildman–Crippen LogP) is 4.58. The van der Waals surface area contributed by atoms with Gasteiger partial charge in [-0.25, -0.2) is 4.79 Å². The van der Waals surface area contributed by atoms with Crippen LogP contribution in [0.2, 0.25) is 0 Å². The molecule has 1 heterocycles. The number of para-hydroxylation sites is 1. The fourth-order valence-electron chi connectivity index (χ4n) is 4.53. The quantitative estimate of drug-likeness (QED) is 0.420. The van der Waals surface area contributed by atoms with Crippen molar-refractivity contribution in [1.82, 2.24) is 4.90 Å². The van der Waals surface area contributed by atoms with Gasteiger partial charge in [0.2, 0.25) is 5.91 Å². The van der Waals surface area contributed by atoms with Gasteiger partial charge in [0.1, 0.15) is 5.75 Å². The van der Waals surface area contributed by atoms with Gasteiger partial charge < -0.3 is 30.3 Å². The Labute approximate surface area is 212 Å². The van der Waals surface area contributed by atoms with E-state index < -0.39 is 5.97 Å². The Morgan fingerprint density at radius 1 is 1.14 bits per heavy atom. The molecular weight excluding hydrogens is 460 g/mol. The third-order valence-electron chi connectivity index (χ3n) is 6.51. The first kappa shape index (κ1) is 27.0. The van der Waals surface area contributed by atoms with Crippen LogP contribution in [-0.2, 0) is 9.59 Å². The second kappa shape index (κ2) is 12.9. The second-order valence-corrected chi connectivity index (χ2v) is 9.19. The van der Waals surface area contributed by atoms with Gasteiger partial charge in [0.15, 0.2) is 0 Å². The Balaban J connectivity index is 1.59. The summed E-state index contributed by atoms with van der Waals surface area (Å²) >= 11 is 0. The maximum atomic E-state index is 12.5. The van der Waals surface area contributed by atoms with Gasteiger partial charge in [-0.3, -0.25) is 9.59 Å². The molecule has 1 aliphatic rings. The molecule has 0 aliphatic carbocycles. The molecule has 0 aromatic heterocycles. The lowest BCUT2D eigenvalue weighted by Gasteiger charge is -2.24. The van der Waals surface area contributed by atoms with Crippen LogP contribution in [0.15, 0.2) is 42.5 Å². The summed E-state index contributed by atoms with van der Waals surface area (Å²) in [5, 5.41) is 14.5. The van der Waals surface area contributed by atoms with Crippen LogP contribution in [0, 0.1) is 12.8 Å². The smallest absolute Gasteiger partial charge is 0.323 e. The van der Waals surface area contributed by atoms with Crippen LogP contribution < -0.4 is 20.3 Å². The molecule has 3 N–H and O–H groups in total. The van der Waals surface area contributed by atoms with Crippen molar-refractivity contribution < 1.29 is 24.2 Å². The van der Waals surface area contributed by atoms with Crippen molar-refractivity contribution in [2.24, 2.45) is 5.92 Å². The van der Waals surface area contributed by atoms with Gasteiger partial charge in [-0.1, -0.05) is 18.2 Å². The highest BCUT2D eigenvalue weighted by Gasteiger charge is 2.24. The average molecular weight is 497 g/mol. The molecule has 0 radical (unpaired) electrons. The number of carboxylic acids is 1. The van der Waals surface area contributed by atoms with Crippen LogP contribution in [0.4, 0.5) is 21.9 Å². The van der Waals surface area contributed by atoms with Crippen molar-refractivity contribution in [3.63, 3.8) is 0 Å². The van der Waals surface area contributed by atoms with E-state index in [0.29, 0.717) is 36.0 Å². The zero-order chi connectivity index (χ0) is 26.1. The summed E-state index contributed by atoms with van der Waals surface area (Å²) in [7, 11) is 1.53. The molecule has 9 heteroatoms. The largest absolute Gasteiger partial charge is 0.494 e. The fourth-order valence-corrected chi connectivity index (χ4v) is 4.53. The fraction of sp³-hybridized carbons (Fsp3) is 0.444. The van der Waals surface area contributed by atoms with Crippen LogP contribution in [-0.4, -0.2) is 61.2 Å². The van der Waals surface area contributed by atoms with Crippen LogP contribution in [0.1, 0.15) is 38.2 Å². The summed E-state index contributed by atoms with van der Waals surface area (Å²) in [4.78, 5) is 39.7. The number of hydrogen-bond donors (Lipinski definition) is 3. The molecule has 0 saturated carbocycles. The molecule has 1 unspecified atom stereocenters. The Kier molecular flexibility index (Phi) is 9.69. The number of rotatable bonds is 11. The van der Waals surface area contributed by atoms with Gasteiger partial charge in [-0.05, 0) is 69.0 Å². The predicted molar refractivity (Wildman–Crippen MR) is 141 cm³/mol. The van der Waals surface area contributed by atoms with E-state index in [9.17, 15) is 14.4 Å². The van der Waals surface area contributed by atoms with E-state index >= 15 is 0 Å². The Morgan fingerprint density at radius 2 is 1.89 bits per heavy atom. The number of benzene rings is 2. The average Bonchev–Trinajstić information content (AvgIpc) is 3.28. The van der Waals surface area contributed by atoms with Crippen LogP contribution in [0.5, 0.6) is 5.75 Å². The van der Waals surface area contributed by atoms with Gasteiger partial charge in [0.05, 0.1) is 12.8 Å². The third kappa shape index (κ3) is 7.71. The van der Waals surface area contributed by atoms with Gasteiger partial charge in [-0.15, -0.1) is 0 Å². The molecule has 2 aromatic carbocycles. The summed E-state index contributed by atoms with van der Waals surface area (Å²) in [5.74, 6) is 0.103. The summed E-state index contributed by atoms with van der Waals surface area (Å²) in [6, 6.07) is 12.4. The maximum Gasteiger partial charge on any atom is 0.323 e. The van der Waals surface area contributed by atoms with E-state index in [4.69, 9.17) is 9.84 Å². The lowest BCUT2D eigenvalue weighted by atomic mass is 10.0. The van der Waals surface area contributed by atoms with E-state index in [1.807, 2.05) is 31.2 Å². The van der Waals surface area contributed by atoms with E-state index in [2.05, 4.69) is 15.5 Å². The lowest BCUT2D eigenvalue weighted by molar-refractivity contribution is -0.137. The topological polar surface area (TPSA) is 111 Å². The molecule has 0 spiro atoms. The molecule has 0 bridgehead atoms. The summed E-state index contributed by atoms with van der Waals surface area (Å²) in [6.07, 6.45) is 2.75. The third-order valence-corrected chi connectivity index (χ3v) is 6.51. The zero-order valence-corrected chi connectivity index (χ0v) is 21.3. The molecule has 1 saturated heterocycles. The molecule has 1 fully saturated rings. The first-order chi connectivity index (χ1) is 17.3. The number of likely N-dealkylation sites (tertiary alicyclic amines) is 1. The van der Waals surface area contributed by atoms with Gasteiger partial charge in [0, 0.05) is 43.9 Å². The molecule has 1 atom stereocenters. The van der Waals surface area contributed by atoms with Gasteiger partial charge in [0.25, 0.3) is 0 Å².